The number of ether oxygens (including phenoxy) is 2. The molecule has 9 heteroatoms. The maximum Gasteiger partial charge on any atom is 0.407 e. The topological polar surface area (TPSA) is 92.8 Å². The first-order chi connectivity index (χ1) is 20.0. The number of benzene rings is 2. The summed E-state index contributed by atoms with van der Waals surface area (Å²) in [6.45, 7) is 8.53. The fourth-order valence-electron chi connectivity index (χ4n) is 5.11. The second kappa shape index (κ2) is 14.2. The highest BCUT2D eigenvalue weighted by Crippen LogP contribution is 2.31. The number of piperidine rings is 1. The molecule has 0 radical (unpaired) electrons. The largest absolute Gasteiger partial charge is 0.488 e. The van der Waals surface area contributed by atoms with Gasteiger partial charge in [0.05, 0.1) is 11.6 Å². The van der Waals surface area contributed by atoms with Crippen LogP contribution < -0.4 is 15.4 Å². The van der Waals surface area contributed by atoms with E-state index in [9.17, 15) is 9.59 Å². The van der Waals surface area contributed by atoms with E-state index in [1.54, 1.807) is 6.20 Å². The molecule has 4 rings (SSSR count). The van der Waals surface area contributed by atoms with Crippen LogP contribution >= 0.6 is 15.9 Å². The summed E-state index contributed by atoms with van der Waals surface area (Å²) in [5.74, 6) is 0.728. The highest BCUT2D eigenvalue weighted by Gasteiger charge is 2.36. The number of carbonyl (C=O) groups is 2. The number of aromatic nitrogens is 1. The Balaban J connectivity index is 1.38. The predicted octanol–water partition coefficient (Wildman–Crippen LogP) is 6.47. The molecule has 3 atom stereocenters. The molecule has 1 aliphatic rings. The van der Waals surface area contributed by atoms with E-state index in [0.29, 0.717) is 26.0 Å². The number of alkyl carbamates (subject to hydrolysis) is 1. The van der Waals surface area contributed by atoms with Crippen molar-refractivity contribution in [3.8, 4) is 5.75 Å². The van der Waals surface area contributed by atoms with Gasteiger partial charge in [-0.05, 0) is 93.7 Å². The van der Waals surface area contributed by atoms with E-state index in [2.05, 4.69) is 43.4 Å². The molecule has 0 aliphatic carbocycles. The number of rotatable bonds is 9. The first-order valence-electron chi connectivity index (χ1n) is 14.4. The summed E-state index contributed by atoms with van der Waals surface area (Å²) in [6, 6.07) is 15.7. The molecule has 42 heavy (non-hydrogen) atoms. The molecule has 8 nitrogen and oxygen atoms in total. The van der Waals surface area contributed by atoms with Crippen molar-refractivity contribution < 1.29 is 19.1 Å². The molecule has 1 aliphatic heterocycles. The molecule has 1 unspecified atom stereocenters. The standard InChI is InChI=1S/C33H41BrN4O4/c1-22-17-25(37-32(40)42-33(2,3)4)19-29(38(22)5)31(39)35-16-10-9-13-26-27-18-24(34)20-36-28(27)14-15-30(26)41-21-23-11-7-6-8-12-23/h6-9,11-15,18,20,22,25,29H,10,16-17,19,21H2,1-5H3,(H,35,39)(H,37,40)/b13-9+/t22?,25-,29-/m0/s1. The number of amides is 2. The third-order valence-electron chi connectivity index (χ3n) is 7.31. The smallest absolute Gasteiger partial charge is 0.407 e. The fraction of sp³-hybridized carbons (Fsp3) is 0.424. The van der Waals surface area contributed by atoms with Gasteiger partial charge in [0.15, 0.2) is 0 Å². The highest BCUT2D eigenvalue weighted by molar-refractivity contribution is 9.10. The zero-order valence-corrected chi connectivity index (χ0v) is 26.6. The van der Waals surface area contributed by atoms with Crippen LogP contribution in [0.1, 0.15) is 58.1 Å². The summed E-state index contributed by atoms with van der Waals surface area (Å²) in [5, 5.41) is 7.02. The molecule has 0 bridgehead atoms. The van der Waals surface area contributed by atoms with Gasteiger partial charge in [0.2, 0.25) is 5.91 Å². The average molecular weight is 638 g/mol. The van der Waals surface area contributed by atoms with Crippen molar-refractivity contribution in [1.82, 2.24) is 20.5 Å². The lowest BCUT2D eigenvalue weighted by Crippen LogP contribution is -2.57. The molecule has 2 N–H and O–H groups in total. The zero-order valence-electron chi connectivity index (χ0n) is 25.0. The molecule has 224 valence electrons. The van der Waals surface area contributed by atoms with Gasteiger partial charge in [-0.15, -0.1) is 0 Å². The Bertz CT molecular complexity index is 1410. The van der Waals surface area contributed by atoms with Crippen molar-refractivity contribution in [3.05, 3.63) is 76.4 Å². The number of pyridine rings is 1. The number of likely N-dealkylation sites (tertiary alicyclic amines) is 1. The normalized spacial score (nSPS) is 19.5. The number of fused-ring (bicyclic) bond motifs is 1. The molecule has 1 aromatic heterocycles. The van der Waals surface area contributed by atoms with E-state index in [4.69, 9.17) is 9.47 Å². The minimum atomic E-state index is -0.570. The maximum atomic E-state index is 13.2. The molecule has 2 heterocycles. The summed E-state index contributed by atoms with van der Waals surface area (Å²) < 4.78 is 12.5. The Morgan fingerprint density at radius 3 is 2.64 bits per heavy atom. The van der Waals surface area contributed by atoms with Crippen LogP contribution in [0.2, 0.25) is 0 Å². The summed E-state index contributed by atoms with van der Waals surface area (Å²) in [5.41, 5.74) is 2.34. The number of nitrogens with zero attached hydrogens (tertiary/aromatic N) is 2. The van der Waals surface area contributed by atoms with E-state index in [0.717, 1.165) is 38.7 Å². The summed E-state index contributed by atoms with van der Waals surface area (Å²) in [4.78, 5) is 32.1. The van der Waals surface area contributed by atoms with E-state index in [-0.39, 0.29) is 24.0 Å². The van der Waals surface area contributed by atoms with E-state index < -0.39 is 11.7 Å². The van der Waals surface area contributed by atoms with Crippen molar-refractivity contribution in [2.24, 2.45) is 0 Å². The SMILES string of the molecule is CC1C[C@H](NC(=O)OC(C)(C)C)C[C@@H](C(=O)NCC/C=C/c2c(OCc3ccccc3)ccc3ncc(Br)cc23)N1C. The monoisotopic (exact) mass is 636 g/mol. The van der Waals surface area contributed by atoms with Crippen LogP contribution in [0.25, 0.3) is 17.0 Å². The number of hydrogen-bond acceptors (Lipinski definition) is 6. The van der Waals surface area contributed by atoms with Crippen molar-refractivity contribution in [1.29, 1.82) is 0 Å². The zero-order chi connectivity index (χ0) is 30.3. The Kier molecular flexibility index (Phi) is 10.6. The van der Waals surface area contributed by atoms with Gasteiger partial charge in [0.25, 0.3) is 0 Å². The van der Waals surface area contributed by atoms with Gasteiger partial charge in [-0.1, -0.05) is 42.5 Å². The van der Waals surface area contributed by atoms with Gasteiger partial charge < -0.3 is 20.1 Å². The number of carbonyl (C=O) groups excluding carboxylic acids is 2. The number of nitrogens with one attached hydrogen (secondary N) is 2. The van der Waals surface area contributed by atoms with Crippen molar-refractivity contribution in [2.45, 2.75) is 77.3 Å². The first kappa shape index (κ1) is 31.5. The van der Waals surface area contributed by atoms with Crippen molar-refractivity contribution in [3.63, 3.8) is 0 Å². The highest BCUT2D eigenvalue weighted by atomic mass is 79.9. The average Bonchev–Trinajstić information content (AvgIpc) is 2.93. The fourth-order valence-corrected chi connectivity index (χ4v) is 5.44. The number of halogens is 1. The van der Waals surface area contributed by atoms with Gasteiger partial charge in [-0.25, -0.2) is 4.79 Å². The van der Waals surface area contributed by atoms with Crippen molar-refractivity contribution in [2.75, 3.05) is 13.6 Å². The molecule has 3 aromatic rings. The number of likely N-dealkylation sites (N-methyl/N-ethyl adjacent to an activating group) is 1. The predicted molar refractivity (Wildman–Crippen MR) is 170 cm³/mol. The molecule has 2 amide bonds. The van der Waals surface area contributed by atoms with Crippen LogP contribution in [0, 0.1) is 0 Å². The Hall–Kier alpha value is -3.43. The number of hydrogen-bond donors (Lipinski definition) is 2. The van der Waals surface area contributed by atoms with Gasteiger partial charge in [0.1, 0.15) is 18.0 Å². The van der Waals surface area contributed by atoms with Gasteiger partial charge in [0, 0.05) is 40.2 Å². The van der Waals surface area contributed by atoms with E-state index in [1.807, 2.05) is 88.5 Å². The quantitative estimate of drug-likeness (QED) is 0.262. The summed E-state index contributed by atoms with van der Waals surface area (Å²) in [6.07, 6.45) is 7.36. The third kappa shape index (κ3) is 8.79. The Morgan fingerprint density at radius 2 is 1.90 bits per heavy atom. The van der Waals surface area contributed by atoms with Crippen LogP contribution in [0.5, 0.6) is 5.75 Å². The Morgan fingerprint density at radius 1 is 1.14 bits per heavy atom. The molecule has 0 spiro atoms. The lowest BCUT2D eigenvalue weighted by molar-refractivity contribution is -0.128. The van der Waals surface area contributed by atoms with Crippen molar-refractivity contribution >= 4 is 44.9 Å². The molecular weight excluding hydrogens is 596 g/mol. The van der Waals surface area contributed by atoms with Crippen LogP contribution in [0.3, 0.4) is 0 Å². The Labute approximate surface area is 257 Å². The van der Waals surface area contributed by atoms with Crippen LogP contribution in [-0.4, -0.2) is 59.2 Å². The van der Waals surface area contributed by atoms with Gasteiger partial charge in [-0.2, -0.15) is 0 Å². The third-order valence-corrected chi connectivity index (χ3v) is 7.74. The summed E-state index contributed by atoms with van der Waals surface area (Å²) >= 11 is 3.54. The molecular formula is C33H41BrN4O4. The minimum absolute atomic E-state index is 0.0430. The summed E-state index contributed by atoms with van der Waals surface area (Å²) in [7, 11) is 1.96. The second-order valence-electron chi connectivity index (χ2n) is 11.8. The minimum Gasteiger partial charge on any atom is -0.488 e. The molecule has 1 fully saturated rings. The maximum absolute atomic E-state index is 13.2. The first-order valence-corrected chi connectivity index (χ1v) is 15.2. The van der Waals surface area contributed by atoms with Gasteiger partial charge in [-0.3, -0.25) is 14.7 Å². The van der Waals surface area contributed by atoms with E-state index in [1.165, 1.54) is 0 Å². The van der Waals surface area contributed by atoms with Crippen LogP contribution in [-0.2, 0) is 16.1 Å². The van der Waals surface area contributed by atoms with E-state index >= 15 is 0 Å². The lowest BCUT2D eigenvalue weighted by Gasteiger charge is -2.41. The second-order valence-corrected chi connectivity index (χ2v) is 12.7. The van der Waals surface area contributed by atoms with Gasteiger partial charge >= 0.3 is 6.09 Å². The molecule has 1 saturated heterocycles. The van der Waals surface area contributed by atoms with Crippen LogP contribution in [0.15, 0.2) is 65.3 Å². The lowest BCUT2D eigenvalue weighted by atomic mass is 9.92. The molecule has 2 aromatic carbocycles. The van der Waals surface area contributed by atoms with Crippen LogP contribution in [0.4, 0.5) is 4.79 Å². The molecule has 0 saturated carbocycles.